The Balaban J connectivity index is 1.44. The highest BCUT2D eigenvalue weighted by Crippen LogP contribution is 2.17. The summed E-state index contributed by atoms with van der Waals surface area (Å²) in [7, 11) is 0. The van der Waals surface area contributed by atoms with Crippen molar-refractivity contribution in [1.82, 2.24) is 20.2 Å². The average molecular weight is 370 g/mol. The zero-order chi connectivity index (χ0) is 18.2. The lowest BCUT2D eigenvalue weighted by Gasteiger charge is -2.08. The van der Waals surface area contributed by atoms with E-state index in [0.717, 1.165) is 10.7 Å². The fraction of sp³-hybridized carbons (Fsp3) is 0.167. The molecule has 8 heteroatoms. The second-order valence-corrected chi connectivity index (χ2v) is 6.36. The van der Waals surface area contributed by atoms with Gasteiger partial charge in [0.1, 0.15) is 5.76 Å². The lowest BCUT2D eigenvalue weighted by Crippen LogP contribution is -2.39. The van der Waals surface area contributed by atoms with Crippen molar-refractivity contribution in [3.63, 3.8) is 0 Å². The Labute approximate surface area is 154 Å². The van der Waals surface area contributed by atoms with Crippen LogP contribution < -0.4 is 10.6 Å². The number of hydrogen-bond donors (Lipinski definition) is 2. The molecule has 0 fully saturated rings. The summed E-state index contributed by atoms with van der Waals surface area (Å²) >= 11 is 1.28. The van der Waals surface area contributed by atoms with Crippen LogP contribution in [0.15, 0.2) is 70.7 Å². The minimum absolute atomic E-state index is 0.0972. The Morgan fingerprint density at radius 3 is 2.77 bits per heavy atom. The second kappa shape index (κ2) is 8.91. The van der Waals surface area contributed by atoms with Gasteiger partial charge in [-0.25, -0.2) is 9.78 Å². The molecule has 3 aromatic rings. The lowest BCUT2D eigenvalue weighted by atomic mass is 10.2. The second-order valence-electron chi connectivity index (χ2n) is 5.42. The van der Waals surface area contributed by atoms with Gasteiger partial charge >= 0.3 is 6.03 Å². The van der Waals surface area contributed by atoms with Crippen LogP contribution in [0.5, 0.6) is 0 Å². The summed E-state index contributed by atoms with van der Waals surface area (Å²) in [5.41, 5.74) is 1.15. The van der Waals surface area contributed by atoms with E-state index in [1.807, 2.05) is 41.1 Å². The van der Waals surface area contributed by atoms with E-state index >= 15 is 0 Å². The van der Waals surface area contributed by atoms with Gasteiger partial charge in [0.25, 0.3) is 0 Å². The highest BCUT2D eigenvalue weighted by molar-refractivity contribution is 7.99. The molecule has 0 radical (unpaired) electrons. The normalized spacial score (nSPS) is 10.5. The number of rotatable bonds is 7. The topological polar surface area (TPSA) is 89.2 Å². The van der Waals surface area contributed by atoms with E-state index in [1.54, 1.807) is 18.3 Å². The van der Waals surface area contributed by atoms with Gasteiger partial charge in [-0.05, 0) is 17.7 Å². The molecule has 2 aromatic heterocycles. The van der Waals surface area contributed by atoms with Crippen LogP contribution in [-0.2, 0) is 17.9 Å². The highest BCUT2D eigenvalue weighted by atomic mass is 32.2. The van der Waals surface area contributed by atoms with E-state index in [4.69, 9.17) is 4.42 Å². The number of nitrogens with zero attached hydrogens (tertiary/aromatic N) is 2. The molecule has 0 unspecified atom stereocenters. The van der Waals surface area contributed by atoms with Gasteiger partial charge in [-0.1, -0.05) is 42.1 Å². The lowest BCUT2D eigenvalue weighted by molar-refractivity contribution is -0.117. The van der Waals surface area contributed by atoms with Gasteiger partial charge < -0.3 is 14.3 Å². The van der Waals surface area contributed by atoms with Crippen LogP contribution in [0, 0.1) is 0 Å². The number of imidazole rings is 1. The molecule has 0 aliphatic carbocycles. The first-order valence-electron chi connectivity index (χ1n) is 7.98. The van der Waals surface area contributed by atoms with Crippen molar-refractivity contribution in [1.29, 1.82) is 0 Å². The maximum atomic E-state index is 11.9. The van der Waals surface area contributed by atoms with Crippen LogP contribution in [0.25, 0.3) is 0 Å². The van der Waals surface area contributed by atoms with Crippen molar-refractivity contribution in [2.24, 2.45) is 0 Å². The van der Waals surface area contributed by atoms with Gasteiger partial charge in [-0.2, -0.15) is 0 Å². The summed E-state index contributed by atoms with van der Waals surface area (Å²) < 4.78 is 7.07. The Morgan fingerprint density at radius 2 is 2.00 bits per heavy atom. The quantitative estimate of drug-likeness (QED) is 0.624. The maximum Gasteiger partial charge on any atom is 0.321 e. The fourth-order valence-electron chi connectivity index (χ4n) is 2.25. The van der Waals surface area contributed by atoms with Gasteiger partial charge in [0.05, 0.1) is 18.6 Å². The summed E-state index contributed by atoms with van der Waals surface area (Å²) in [5.74, 6) is 0.325. The first-order valence-corrected chi connectivity index (χ1v) is 8.97. The van der Waals surface area contributed by atoms with E-state index < -0.39 is 6.03 Å². The van der Waals surface area contributed by atoms with E-state index in [2.05, 4.69) is 15.6 Å². The van der Waals surface area contributed by atoms with Crippen LogP contribution in [0.4, 0.5) is 4.79 Å². The number of hydrogen-bond acceptors (Lipinski definition) is 5. The number of thioether (sulfide) groups is 1. The van der Waals surface area contributed by atoms with Crippen molar-refractivity contribution in [3.8, 4) is 0 Å². The van der Waals surface area contributed by atoms with E-state index in [9.17, 15) is 9.59 Å². The molecule has 3 amide bonds. The van der Waals surface area contributed by atoms with E-state index in [1.165, 1.54) is 18.0 Å². The summed E-state index contributed by atoms with van der Waals surface area (Å²) in [6.45, 7) is 0.898. The molecular formula is C18H18N4O3S. The molecule has 26 heavy (non-hydrogen) atoms. The molecule has 0 bridgehead atoms. The number of nitrogens with one attached hydrogen (secondary N) is 2. The number of carbonyl (C=O) groups is 2. The van der Waals surface area contributed by atoms with Crippen molar-refractivity contribution >= 4 is 23.7 Å². The minimum Gasteiger partial charge on any atom is -0.467 e. The summed E-state index contributed by atoms with van der Waals surface area (Å²) in [6, 6.07) is 12.9. The minimum atomic E-state index is -0.556. The summed E-state index contributed by atoms with van der Waals surface area (Å²) in [5, 5.41) is 5.57. The monoisotopic (exact) mass is 370 g/mol. The number of urea groups is 1. The highest BCUT2D eigenvalue weighted by Gasteiger charge is 2.11. The molecule has 2 heterocycles. The third-order valence-electron chi connectivity index (χ3n) is 3.46. The third kappa shape index (κ3) is 5.25. The Bertz CT molecular complexity index is 846. The molecule has 1 aromatic carbocycles. The zero-order valence-electron chi connectivity index (χ0n) is 13.9. The fourth-order valence-corrected chi connectivity index (χ4v) is 3.01. The average Bonchev–Trinajstić information content (AvgIpc) is 3.31. The van der Waals surface area contributed by atoms with Crippen molar-refractivity contribution in [2.45, 2.75) is 18.2 Å². The number of benzene rings is 1. The van der Waals surface area contributed by atoms with Crippen LogP contribution in [-0.4, -0.2) is 27.2 Å². The third-order valence-corrected chi connectivity index (χ3v) is 4.47. The standard InChI is InChI=1S/C18H18N4O3S/c23-16(21-17(24)20-11-15-7-4-10-25-15)13-26-18-19-8-9-22(18)12-14-5-2-1-3-6-14/h1-10H,11-13H2,(H2,20,21,23,24). The van der Waals surface area contributed by atoms with Crippen molar-refractivity contribution < 1.29 is 14.0 Å². The molecule has 0 spiro atoms. The molecule has 0 saturated heterocycles. The molecule has 0 saturated carbocycles. The number of amides is 3. The number of imide groups is 1. The summed E-state index contributed by atoms with van der Waals surface area (Å²) in [4.78, 5) is 27.9. The van der Waals surface area contributed by atoms with Crippen LogP contribution in [0.1, 0.15) is 11.3 Å². The summed E-state index contributed by atoms with van der Waals surface area (Å²) in [6.07, 6.45) is 5.08. The molecule has 0 atom stereocenters. The molecule has 7 nitrogen and oxygen atoms in total. The first kappa shape index (κ1) is 17.8. The van der Waals surface area contributed by atoms with Gasteiger partial charge in [0.2, 0.25) is 5.91 Å². The van der Waals surface area contributed by atoms with Crippen molar-refractivity contribution in [3.05, 3.63) is 72.4 Å². The molecule has 134 valence electrons. The van der Waals surface area contributed by atoms with E-state index in [0.29, 0.717) is 12.3 Å². The smallest absolute Gasteiger partial charge is 0.321 e. The van der Waals surface area contributed by atoms with Gasteiger partial charge in [-0.15, -0.1) is 0 Å². The zero-order valence-corrected chi connectivity index (χ0v) is 14.7. The van der Waals surface area contributed by atoms with Crippen LogP contribution >= 0.6 is 11.8 Å². The largest absolute Gasteiger partial charge is 0.467 e. The predicted octanol–water partition coefficient (Wildman–Crippen LogP) is 2.64. The molecular weight excluding hydrogens is 352 g/mol. The van der Waals surface area contributed by atoms with Gasteiger partial charge in [0, 0.05) is 18.9 Å². The Kier molecular flexibility index (Phi) is 6.10. The Hall–Kier alpha value is -3.00. The van der Waals surface area contributed by atoms with Crippen molar-refractivity contribution in [2.75, 3.05) is 5.75 Å². The number of aromatic nitrogens is 2. The number of carbonyl (C=O) groups excluding carboxylic acids is 2. The Morgan fingerprint density at radius 1 is 1.15 bits per heavy atom. The van der Waals surface area contributed by atoms with E-state index in [-0.39, 0.29) is 18.2 Å². The maximum absolute atomic E-state index is 11.9. The molecule has 0 aliphatic rings. The van der Waals surface area contributed by atoms with Gasteiger partial charge in [-0.3, -0.25) is 10.1 Å². The predicted molar refractivity (Wildman–Crippen MR) is 97.6 cm³/mol. The SMILES string of the molecule is O=C(CSc1nccn1Cc1ccccc1)NC(=O)NCc1ccco1. The molecule has 0 aliphatic heterocycles. The first-order chi connectivity index (χ1) is 12.7. The number of furan rings is 1. The molecule has 3 rings (SSSR count). The molecule has 2 N–H and O–H groups in total. The van der Waals surface area contributed by atoms with Crippen LogP contribution in [0.3, 0.4) is 0 Å². The van der Waals surface area contributed by atoms with Crippen LogP contribution in [0.2, 0.25) is 0 Å². The van der Waals surface area contributed by atoms with Gasteiger partial charge in [0.15, 0.2) is 5.16 Å².